The van der Waals surface area contributed by atoms with E-state index in [0.717, 1.165) is 58.3 Å². The van der Waals surface area contributed by atoms with E-state index < -0.39 is 0 Å². The maximum absolute atomic E-state index is 12.4. The molecule has 2 rings (SSSR count). The first-order valence-electron chi connectivity index (χ1n) is 9.67. The average Bonchev–Trinajstić information content (AvgIpc) is 2.62. The molecular weight excluding hydrogens is 459 g/mol. The van der Waals surface area contributed by atoms with Crippen LogP contribution in [0.5, 0.6) is 0 Å². The number of carbonyl (C=O) groups excluding carboxylic acids is 1. The summed E-state index contributed by atoms with van der Waals surface area (Å²) in [5, 5.41) is 6.89. The van der Waals surface area contributed by atoms with E-state index >= 15 is 0 Å². The Balaban J connectivity index is 0.00000364. The smallest absolute Gasteiger partial charge is 0.236 e. The minimum Gasteiger partial charge on any atom is -0.378 e. The Kier molecular flexibility index (Phi) is 10.9. The number of hydrogen-bond donors (Lipinski definition) is 2. The van der Waals surface area contributed by atoms with E-state index in [0.29, 0.717) is 19.8 Å². The highest BCUT2D eigenvalue weighted by Gasteiger charge is 2.24. The first kappa shape index (κ1) is 24.4. The molecular formula is C18H37IN6O2. The van der Waals surface area contributed by atoms with E-state index in [9.17, 15) is 4.79 Å². The number of aliphatic imine (C=N–C) groups is 1. The lowest BCUT2D eigenvalue weighted by Crippen LogP contribution is -2.55. The Bertz CT molecular complexity index is 469. The fraction of sp³-hybridized carbons (Fsp3) is 0.889. The summed E-state index contributed by atoms with van der Waals surface area (Å²) >= 11 is 0. The van der Waals surface area contributed by atoms with Gasteiger partial charge in [-0.15, -0.1) is 24.0 Å². The van der Waals surface area contributed by atoms with Crippen LogP contribution in [-0.4, -0.2) is 111 Å². The first-order valence-corrected chi connectivity index (χ1v) is 9.67. The van der Waals surface area contributed by atoms with Crippen molar-refractivity contribution in [3.8, 4) is 0 Å². The van der Waals surface area contributed by atoms with Crippen LogP contribution in [0.2, 0.25) is 0 Å². The summed E-state index contributed by atoms with van der Waals surface area (Å²) in [4.78, 5) is 23.2. The third kappa shape index (κ3) is 8.93. The van der Waals surface area contributed by atoms with Crippen LogP contribution in [0.25, 0.3) is 0 Å². The minimum absolute atomic E-state index is 0. The third-order valence-corrected chi connectivity index (χ3v) is 4.67. The lowest BCUT2D eigenvalue weighted by molar-refractivity contribution is -0.136. The summed E-state index contributed by atoms with van der Waals surface area (Å²) in [5.74, 6) is 1.16. The summed E-state index contributed by atoms with van der Waals surface area (Å²) in [6, 6.07) is 0. The van der Waals surface area contributed by atoms with Gasteiger partial charge in [0.15, 0.2) is 5.96 Å². The van der Waals surface area contributed by atoms with Gasteiger partial charge in [-0.1, -0.05) is 0 Å². The molecule has 2 saturated heterocycles. The van der Waals surface area contributed by atoms with Crippen LogP contribution in [0.15, 0.2) is 4.99 Å². The molecule has 0 aromatic rings. The molecule has 2 aliphatic rings. The lowest BCUT2D eigenvalue weighted by atomic mass is 10.1. The first-order chi connectivity index (χ1) is 12.4. The number of halogens is 1. The summed E-state index contributed by atoms with van der Waals surface area (Å²) in [6.45, 7) is 15.1. The topological polar surface area (TPSA) is 72.4 Å². The summed E-state index contributed by atoms with van der Waals surface area (Å²) in [7, 11) is 1.83. The van der Waals surface area contributed by atoms with Gasteiger partial charge in [-0.05, 0) is 20.8 Å². The number of amides is 1. The van der Waals surface area contributed by atoms with Crippen LogP contribution >= 0.6 is 24.0 Å². The zero-order valence-electron chi connectivity index (χ0n) is 17.3. The molecule has 0 bridgehead atoms. The molecule has 2 N–H and O–H groups in total. The molecule has 0 aliphatic carbocycles. The molecule has 0 unspecified atom stereocenters. The molecule has 0 spiro atoms. The van der Waals surface area contributed by atoms with Crippen LogP contribution in [0.3, 0.4) is 0 Å². The molecule has 0 atom stereocenters. The number of morpholine rings is 1. The number of nitrogens with zero attached hydrogens (tertiary/aromatic N) is 4. The van der Waals surface area contributed by atoms with Crippen molar-refractivity contribution in [3.63, 3.8) is 0 Å². The Hall–Kier alpha value is -0.650. The quantitative estimate of drug-likeness (QED) is 0.243. The molecule has 8 nitrogen and oxygen atoms in total. The zero-order chi connectivity index (χ0) is 19.0. The molecule has 2 fully saturated rings. The molecule has 2 aliphatic heterocycles. The van der Waals surface area contributed by atoms with Gasteiger partial charge in [0.05, 0.1) is 19.8 Å². The summed E-state index contributed by atoms with van der Waals surface area (Å²) < 4.78 is 5.31. The highest BCUT2D eigenvalue weighted by Crippen LogP contribution is 2.05. The largest absolute Gasteiger partial charge is 0.378 e. The van der Waals surface area contributed by atoms with E-state index in [1.54, 1.807) is 0 Å². The molecule has 0 aromatic carbocycles. The van der Waals surface area contributed by atoms with Gasteiger partial charge in [-0.2, -0.15) is 0 Å². The highest BCUT2D eigenvalue weighted by molar-refractivity contribution is 14.0. The van der Waals surface area contributed by atoms with Crippen molar-refractivity contribution < 1.29 is 9.53 Å². The van der Waals surface area contributed by atoms with Crippen molar-refractivity contribution in [1.29, 1.82) is 0 Å². The second-order valence-electron chi connectivity index (χ2n) is 7.91. The van der Waals surface area contributed by atoms with Crippen molar-refractivity contribution >= 4 is 35.8 Å². The van der Waals surface area contributed by atoms with Crippen molar-refractivity contribution in [3.05, 3.63) is 0 Å². The molecule has 0 aromatic heterocycles. The fourth-order valence-electron chi connectivity index (χ4n) is 3.17. The van der Waals surface area contributed by atoms with Crippen LogP contribution in [-0.2, 0) is 9.53 Å². The second kappa shape index (κ2) is 12.0. The van der Waals surface area contributed by atoms with E-state index in [1.165, 1.54) is 0 Å². The predicted octanol–water partition coefficient (Wildman–Crippen LogP) is 0.0443. The van der Waals surface area contributed by atoms with Crippen LogP contribution in [0.4, 0.5) is 0 Å². The summed E-state index contributed by atoms with van der Waals surface area (Å²) in [5.41, 5.74) is 0.129. The Labute approximate surface area is 181 Å². The predicted molar refractivity (Wildman–Crippen MR) is 120 cm³/mol. The van der Waals surface area contributed by atoms with E-state index in [-0.39, 0.29) is 35.4 Å². The van der Waals surface area contributed by atoms with Gasteiger partial charge in [0, 0.05) is 64.9 Å². The highest BCUT2D eigenvalue weighted by atomic mass is 127. The van der Waals surface area contributed by atoms with Gasteiger partial charge in [-0.3, -0.25) is 14.7 Å². The number of ether oxygens (including phenoxy) is 1. The SMILES string of the molecule is CN=C(NCCNC(C)(C)C)N1CCN(CC(=O)N2CCOCC2)CC1.I. The third-order valence-electron chi connectivity index (χ3n) is 4.67. The number of nitrogens with one attached hydrogen (secondary N) is 2. The van der Waals surface area contributed by atoms with Crippen molar-refractivity contribution in [1.82, 2.24) is 25.3 Å². The minimum atomic E-state index is 0. The Morgan fingerprint density at radius 1 is 1.00 bits per heavy atom. The Morgan fingerprint density at radius 3 is 2.19 bits per heavy atom. The monoisotopic (exact) mass is 496 g/mol. The number of guanidine groups is 1. The van der Waals surface area contributed by atoms with Gasteiger partial charge in [0.1, 0.15) is 0 Å². The molecule has 27 heavy (non-hydrogen) atoms. The van der Waals surface area contributed by atoms with Gasteiger partial charge in [0.2, 0.25) is 5.91 Å². The number of carbonyl (C=O) groups is 1. The van der Waals surface area contributed by atoms with E-state index in [4.69, 9.17) is 4.74 Å². The molecule has 158 valence electrons. The molecule has 2 heterocycles. The van der Waals surface area contributed by atoms with Gasteiger partial charge < -0.3 is 25.2 Å². The fourth-order valence-corrected chi connectivity index (χ4v) is 3.17. The van der Waals surface area contributed by atoms with Crippen molar-refractivity contribution in [2.24, 2.45) is 4.99 Å². The molecule has 0 radical (unpaired) electrons. The standard InChI is InChI=1S/C18H36N6O2.HI/c1-18(2,3)21-6-5-20-17(19-4)24-9-7-22(8-10-24)15-16(25)23-11-13-26-14-12-23;/h21H,5-15H2,1-4H3,(H,19,20);1H. The molecule has 0 saturated carbocycles. The summed E-state index contributed by atoms with van der Waals surface area (Å²) in [6.07, 6.45) is 0. The normalized spacial score (nSPS) is 19.6. The van der Waals surface area contributed by atoms with Crippen molar-refractivity contribution in [2.45, 2.75) is 26.3 Å². The van der Waals surface area contributed by atoms with Gasteiger partial charge in [-0.25, -0.2) is 0 Å². The molecule has 1 amide bonds. The maximum Gasteiger partial charge on any atom is 0.236 e. The van der Waals surface area contributed by atoms with Crippen LogP contribution in [0.1, 0.15) is 20.8 Å². The maximum atomic E-state index is 12.4. The van der Waals surface area contributed by atoms with Crippen molar-refractivity contribution in [2.75, 3.05) is 79.2 Å². The second-order valence-corrected chi connectivity index (χ2v) is 7.91. The zero-order valence-corrected chi connectivity index (χ0v) is 19.6. The van der Waals surface area contributed by atoms with Crippen LogP contribution in [0, 0.1) is 0 Å². The Morgan fingerprint density at radius 2 is 1.63 bits per heavy atom. The van der Waals surface area contributed by atoms with Crippen LogP contribution < -0.4 is 10.6 Å². The van der Waals surface area contributed by atoms with Gasteiger partial charge in [0.25, 0.3) is 0 Å². The average molecular weight is 496 g/mol. The van der Waals surface area contributed by atoms with E-state index in [2.05, 4.69) is 46.2 Å². The molecule has 9 heteroatoms. The number of piperazine rings is 1. The van der Waals surface area contributed by atoms with E-state index in [1.807, 2.05) is 11.9 Å². The van der Waals surface area contributed by atoms with Gasteiger partial charge >= 0.3 is 0 Å². The lowest BCUT2D eigenvalue weighted by Gasteiger charge is -2.37. The number of rotatable bonds is 5. The number of hydrogen-bond acceptors (Lipinski definition) is 5.